The molecule has 1 amide bonds. The van der Waals surface area contributed by atoms with E-state index in [1.165, 1.54) is 0 Å². The highest BCUT2D eigenvalue weighted by atomic mass is 16.7. The maximum absolute atomic E-state index is 12.4. The van der Waals surface area contributed by atoms with Crippen LogP contribution in [0.1, 0.15) is 70.0 Å². The Hall–Kier alpha value is -3.92. The van der Waals surface area contributed by atoms with Gasteiger partial charge in [-0.1, -0.05) is 78.9 Å². The van der Waals surface area contributed by atoms with Crippen LogP contribution in [0.15, 0.2) is 103 Å². The van der Waals surface area contributed by atoms with Crippen molar-refractivity contribution in [1.29, 1.82) is 0 Å². The zero-order valence-electron chi connectivity index (χ0n) is 24.5. The molecular formula is C35H39N3O5. The van der Waals surface area contributed by atoms with Gasteiger partial charge in [-0.25, -0.2) is 0 Å². The minimum absolute atomic E-state index is 0.0123. The highest BCUT2D eigenvalue weighted by molar-refractivity contribution is 5.93. The van der Waals surface area contributed by atoms with Crippen molar-refractivity contribution in [3.05, 3.63) is 137 Å². The zero-order valence-corrected chi connectivity index (χ0v) is 24.5. The first-order valence-corrected chi connectivity index (χ1v) is 14.6. The molecule has 3 aromatic carbocycles. The van der Waals surface area contributed by atoms with Crippen LogP contribution in [0.5, 0.6) is 0 Å². The van der Waals surface area contributed by atoms with E-state index in [2.05, 4.69) is 15.2 Å². The molecule has 5 unspecified atom stereocenters. The molecule has 5 atom stereocenters. The van der Waals surface area contributed by atoms with Crippen LogP contribution < -0.4 is 5.32 Å². The second-order valence-corrected chi connectivity index (χ2v) is 11.1. The molecule has 2 heterocycles. The van der Waals surface area contributed by atoms with Crippen molar-refractivity contribution in [2.24, 2.45) is 0 Å². The molecule has 4 aromatic rings. The van der Waals surface area contributed by atoms with Crippen molar-refractivity contribution in [3.63, 3.8) is 0 Å². The van der Waals surface area contributed by atoms with Gasteiger partial charge in [-0.05, 0) is 48.4 Å². The van der Waals surface area contributed by atoms with Gasteiger partial charge in [0.1, 0.15) is 0 Å². The monoisotopic (exact) mass is 581 g/mol. The van der Waals surface area contributed by atoms with E-state index in [1.807, 2.05) is 92.8 Å². The summed E-state index contributed by atoms with van der Waals surface area (Å²) < 4.78 is 13.0. The Morgan fingerprint density at radius 1 is 0.953 bits per heavy atom. The lowest BCUT2D eigenvalue weighted by molar-refractivity contribution is -0.253. The molecule has 0 bridgehead atoms. The van der Waals surface area contributed by atoms with Gasteiger partial charge in [-0.3, -0.25) is 14.7 Å². The number of carbonyl (C=O) groups excluding carboxylic acids is 1. The summed E-state index contributed by atoms with van der Waals surface area (Å²) >= 11 is 0. The van der Waals surface area contributed by atoms with Crippen molar-refractivity contribution in [2.75, 3.05) is 13.6 Å². The first-order chi connectivity index (χ1) is 20.9. The number of aromatic nitrogens is 1. The van der Waals surface area contributed by atoms with E-state index in [0.717, 1.165) is 27.8 Å². The number of carbonyl (C=O) groups is 1. The van der Waals surface area contributed by atoms with Crippen LogP contribution in [-0.2, 0) is 22.6 Å². The van der Waals surface area contributed by atoms with Crippen LogP contribution in [0, 0.1) is 0 Å². The van der Waals surface area contributed by atoms with E-state index in [0.29, 0.717) is 25.1 Å². The molecule has 43 heavy (non-hydrogen) atoms. The summed E-state index contributed by atoms with van der Waals surface area (Å²) in [6, 6.07) is 28.7. The van der Waals surface area contributed by atoms with E-state index in [4.69, 9.17) is 9.47 Å². The molecule has 0 radical (unpaired) electrons. The van der Waals surface area contributed by atoms with Gasteiger partial charge < -0.3 is 25.0 Å². The number of pyridine rings is 1. The first kappa shape index (κ1) is 30.5. The third kappa shape index (κ3) is 7.93. The second-order valence-electron chi connectivity index (χ2n) is 11.1. The summed E-state index contributed by atoms with van der Waals surface area (Å²) in [4.78, 5) is 18.5. The van der Waals surface area contributed by atoms with Crippen LogP contribution in [0.25, 0.3) is 0 Å². The number of rotatable bonds is 11. The average Bonchev–Trinajstić information content (AvgIpc) is 3.07. The van der Waals surface area contributed by atoms with E-state index < -0.39 is 12.4 Å². The molecule has 1 aliphatic rings. The van der Waals surface area contributed by atoms with Crippen molar-refractivity contribution in [2.45, 2.75) is 57.1 Å². The van der Waals surface area contributed by atoms with Gasteiger partial charge in [0.05, 0.1) is 30.5 Å². The van der Waals surface area contributed by atoms with E-state index in [9.17, 15) is 15.0 Å². The van der Waals surface area contributed by atoms with Gasteiger partial charge in [-0.2, -0.15) is 0 Å². The molecule has 3 N–H and O–H groups in total. The quantitative estimate of drug-likeness (QED) is 0.226. The average molecular weight is 582 g/mol. The summed E-state index contributed by atoms with van der Waals surface area (Å²) in [6.45, 7) is 3.00. The van der Waals surface area contributed by atoms with Gasteiger partial charge in [0.15, 0.2) is 6.29 Å². The van der Waals surface area contributed by atoms with Crippen LogP contribution in [0.3, 0.4) is 0 Å². The zero-order chi connectivity index (χ0) is 30.2. The Morgan fingerprint density at radius 3 is 2.33 bits per heavy atom. The lowest BCUT2D eigenvalue weighted by atomic mass is 9.98. The van der Waals surface area contributed by atoms with Gasteiger partial charge >= 0.3 is 0 Å². The SMILES string of the molecule is CC(C(O)c1ccccc1)N(C)CC1CC(c2ccc(CO)cc2)OC(c2ccc(CNC(=O)c3cccnc3)cc2)O1. The first-order valence-electron chi connectivity index (χ1n) is 14.6. The molecule has 1 fully saturated rings. The molecule has 1 saturated heterocycles. The van der Waals surface area contributed by atoms with Crippen molar-refractivity contribution < 1.29 is 24.5 Å². The number of aliphatic hydroxyl groups excluding tert-OH is 2. The molecule has 0 spiro atoms. The number of ether oxygens (including phenoxy) is 2. The summed E-state index contributed by atoms with van der Waals surface area (Å²) in [5.41, 5.74) is 5.09. The van der Waals surface area contributed by atoms with Gasteiger partial charge in [-0.15, -0.1) is 0 Å². The van der Waals surface area contributed by atoms with Crippen LogP contribution in [-0.4, -0.2) is 51.7 Å². The van der Waals surface area contributed by atoms with E-state index in [-0.39, 0.29) is 30.8 Å². The predicted octanol–water partition coefficient (Wildman–Crippen LogP) is 5.10. The van der Waals surface area contributed by atoms with Gasteiger partial charge in [0, 0.05) is 43.5 Å². The smallest absolute Gasteiger partial charge is 0.253 e. The fourth-order valence-corrected chi connectivity index (χ4v) is 5.26. The number of likely N-dealkylation sites (N-methyl/N-ethyl adjacent to an activating group) is 1. The van der Waals surface area contributed by atoms with Gasteiger partial charge in [0.25, 0.3) is 5.91 Å². The molecule has 8 nitrogen and oxygen atoms in total. The number of nitrogens with zero attached hydrogens (tertiary/aromatic N) is 2. The topological polar surface area (TPSA) is 104 Å². The maximum Gasteiger partial charge on any atom is 0.253 e. The Labute approximate surface area is 252 Å². The molecule has 224 valence electrons. The normalized spacial score (nSPS) is 20.0. The summed E-state index contributed by atoms with van der Waals surface area (Å²) in [7, 11) is 2.00. The third-order valence-corrected chi connectivity index (χ3v) is 8.03. The predicted molar refractivity (Wildman–Crippen MR) is 164 cm³/mol. The fourth-order valence-electron chi connectivity index (χ4n) is 5.26. The number of amides is 1. The van der Waals surface area contributed by atoms with Crippen molar-refractivity contribution in [1.82, 2.24) is 15.2 Å². The molecule has 0 saturated carbocycles. The molecule has 8 heteroatoms. The number of hydrogen-bond acceptors (Lipinski definition) is 7. The highest BCUT2D eigenvalue weighted by Crippen LogP contribution is 2.38. The lowest BCUT2D eigenvalue weighted by Gasteiger charge is -2.39. The lowest BCUT2D eigenvalue weighted by Crippen LogP contribution is -2.43. The number of nitrogens with one attached hydrogen (secondary N) is 1. The molecule has 5 rings (SSSR count). The Morgan fingerprint density at radius 2 is 1.65 bits per heavy atom. The van der Waals surface area contributed by atoms with Crippen LogP contribution in [0.4, 0.5) is 0 Å². The molecule has 1 aromatic heterocycles. The number of benzene rings is 3. The van der Waals surface area contributed by atoms with Gasteiger partial charge in [0.2, 0.25) is 0 Å². The van der Waals surface area contributed by atoms with E-state index >= 15 is 0 Å². The van der Waals surface area contributed by atoms with E-state index in [1.54, 1.807) is 24.5 Å². The summed E-state index contributed by atoms with van der Waals surface area (Å²) in [5, 5.41) is 23.4. The van der Waals surface area contributed by atoms with Crippen molar-refractivity contribution in [3.8, 4) is 0 Å². The maximum atomic E-state index is 12.4. The summed E-state index contributed by atoms with van der Waals surface area (Å²) in [6.07, 6.45) is 2.23. The van der Waals surface area contributed by atoms with Crippen molar-refractivity contribution >= 4 is 5.91 Å². The standard InChI is InChI=1S/C35H39N3O5/c1-24(33(40)28-7-4-3-5-8-28)38(2)22-31-19-32(27-14-12-26(23-39)13-15-27)43-35(42-31)29-16-10-25(11-17-29)20-37-34(41)30-9-6-18-36-21-30/h3-18,21,24,31-33,35,39-40H,19-20,22-23H2,1-2H3,(H,37,41). The Kier molecular flexibility index (Phi) is 10.3. The largest absolute Gasteiger partial charge is 0.392 e. The second kappa shape index (κ2) is 14.5. The number of aliphatic hydroxyl groups is 2. The molecule has 0 aliphatic carbocycles. The Bertz CT molecular complexity index is 1430. The minimum Gasteiger partial charge on any atom is -0.392 e. The molecular weight excluding hydrogens is 542 g/mol. The molecule has 1 aliphatic heterocycles. The Balaban J connectivity index is 1.28. The summed E-state index contributed by atoms with van der Waals surface area (Å²) in [5.74, 6) is -0.176. The highest BCUT2D eigenvalue weighted by Gasteiger charge is 2.34. The third-order valence-electron chi connectivity index (χ3n) is 8.03. The minimum atomic E-state index is -0.630. The number of hydrogen-bond donors (Lipinski definition) is 3. The van der Waals surface area contributed by atoms with Crippen LogP contribution in [0.2, 0.25) is 0 Å². The fraction of sp³-hybridized carbons (Fsp3) is 0.314. The van der Waals surface area contributed by atoms with Crippen LogP contribution >= 0.6 is 0 Å².